The van der Waals surface area contributed by atoms with Gasteiger partial charge >= 0.3 is 6.95 Å². The molecule has 0 aliphatic rings. The lowest BCUT2D eigenvalue weighted by atomic mass is 10.3. The van der Waals surface area contributed by atoms with Crippen LogP contribution in [0.25, 0.3) is 0 Å². The fourth-order valence-electron chi connectivity index (χ4n) is 0.346. The number of hydrogen-bond acceptors (Lipinski definition) is 4. The van der Waals surface area contributed by atoms with Gasteiger partial charge in [-0.15, -0.1) is 0 Å². The predicted molar refractivity (Wildman–Crippen MR) is 60.7 cm³/mol. The van der Waals surface area contributed by atoms with E-state index in [2.05, 4.69) is 15.6 Å². The quantitative estimate of drug-likeness (QED) is 0.606. The first-order valence-corrected chi connectivity index (χ1v) is 6.75. The smallest absolute Gasteiger partial charge is 0.366 e. The highest BCUT2D eigenvalue weighted by Gasteiger charge is 2.17. The highest BCUT2D eigenvalue weighted by molar-refractivity contribution is 7.81. The van der Waals surface area contributed by atoms with Crippen LogP contribution < -0.4 is 5.73 Å². The van der Waals surface area contributed by atoms with Crippen molar-refractivity contribution in [1.29, 1.82) is 0 Å². The van der Waals surface area contributed by atoms with Gasteiger partial charge in [0.2, 0.25) is 5.91 Å². The van der Waals surface area contributed by atoms with Crippen LogP contribution in [0.3, 0.4) is 0 Å². The molecule has 0 aromatic heterocycles. The van der Waals surface area contributed by atoms with Crippen molar-refractivity contribution >= 4 is 24.1 Å². The Morgan fingerprint density at radius 3 is 1.80 bits per heavy atom. The highest BCUT2D eigenvalue weighted by atomic mass is 35.7. The summed E-state index contributed by atoms with van der Waals surface area (Å²) in [5.74, 6) is -0.435. The molecule has 0 bridgehead atoms. The minimum Gasteiger partial charge on any atom is -0.366 e. The molecule has 5 nitrogen and oxygen atoms in total. The van der Waals surface area contributed by atoms with E-state index in [4.69, 9.17) is 17.0 Å². The molecule has 0 aliphatic heterocycles. The highest BCUT2D eigenvalue weighted by Crippen LogP contribution is 2.53. The summed E-state index contributed by atoms with van der Waals surface area (Å²) in [6.45, 7) is 5.65. The molecule has 0 atom stereocenters. The third kappa shape index (κ3) is 13.7. The lowest BCUT2D eigenvalue weighted by Crippen LogP contribution is -2.10. The van der Waals surface area contributed by atoms with Crippen LogP contribution in [0, 0.1) is 0 Å². The predicted octanol–water partition coefficient (Wildman–Crippen LogP) is 2.45. The molecule has 1 amide bonds. The SMILES string of the molecule is C=C(C)C(N)=O.CCOP(=O)(Cl)OCC. The van der Waals surface area contributed by atoms with Crippen molar-refractivity contribution in [2.24, 2.45) is 5.73 Å². The number of amides is 1. The van der Waals surface area contributed by atoms with E-state index in [0.29, 0.717) is 18.8 Å². The second kappa shape index (κ2) is 8.92. The lowest BCUT2D eigenvalue weighted by molar-refractivity contribution is -0.114. The summed E-state index contributed by atoms with van der Waals surface area (Å²) in [7, 11) is 0. The molecule has 7 heteroatoms. The molecule has 90 valence electrons. The molecule has 0 aromatic carbocycles. The van der Waals surface area contributed by atoms with Gasteiger partial charge in [0, 0.05) is 16.8 Å². The zero-order valence-electron chi connectivity index (χ0n) is 9.16. The number of primary amides is 1. The summed E-state index contributed by atoms with van der Waals surface area (Å²) < 4.78 is 19.9. The largest absolute Gasteiger partial charge is 0.424 e. The fourth-order valence-corrected chi connectivity index (χ4v) is 1.62. The van der Waals surface area contributed by atoms with Crippen molar-refractivity contribution in [3.8, 4) is 0 Å². The van der Waals surface area contributed by atoms with E-state index >= 15 is 0 Å². The van der Waals surface area contributed by atoms with Crippen LogP contribution in [-0.4, -0.2) is 19.1 Å². The van der Waals surface area contributed by atoms with Crippen molar-refractivity contribution in [2.45, 2.75) is 20.8 Å². The van der Waals surface area contributed by atoms with Gasteiger partial charge in [-0.05, 0) is 20.8 Å². The van der Waals surface area contributed by atoms with Gasteiger partial charge in [-0.2, -0.15) is 0 Å². The molecule has 0 rings (SSSR count). The monoisotopic (exact) mass is 257 g/mol. The van der Waals surface area contributed by atoms with Crippen molar-refractivity contribution in [1.82, 2.24) is 0 Å². The summed E-state index contributed by atoms with van der Waals surface area (Å²) in [4.78, 5) is 9.82. The third-order valence-corrected chi connectivity index (χ3v) is 2.71. The number of nitrogens with two attached hydrogens (primary N) is 1. The molecule has 0 aromatic rings. The third-order valence-electron chi connectivity index (χ3n) is 0.987. The Morgan fingerprint density at radius 1 is 1.40 bits per heavy atom. The maximum atomic E-state index is 10.7. The van der Waals surface area contributed by atoms with E-state index < -0.39 is 12.9 Å². The number of carbonyl (C=O) groups is 1. The van der Waals surface area contributed by atoms with Gasteiger partial charge in [-0.1, -0.05) is 6.58 Å². The summed E-state index contributed by atoms with van der Waals surface area (Å²) in [6, 6.07) is 0. The van der Waals surface area contributed by atoms with Gasteiger partial charge in [0.1, 0.15) is 0 Å². The lowest BCUT2D eigenvalue weighted by Gasteiger charge is -2.06. The molecule has 0 saturated heterocycles. The van der Waals surface area contributed by atoms with E-state index in [1.807, 2.05) is 0 Å². The zero-order chi connectivity index (χ0) is 12.5. The van der Waals surface area contributed by atoms with E-state index in [0.717, 1.165) is 0 Å². The van der Waals surface area contributed by atoms with Gasteiger partial charge in [0.05, 0.1) is 13.2 Å². The standard InChI is InChI=1S/C4H10ClO3P.C4H7NO/c1-3-7-9(5,6)8-4-2;1-3(2)4(5)6/h3-4H2,1-2H3;1H2,2H3,(H2,5,6). The summed E-state index contributed by atoms with van der Waals surface area (Å²) >= 11 is 5.25. The van der Waals surface area contributed by atoms with Crippen molar-refractivity contribution < 1.29 is 18.4 Å². The maximum Gasteiger partial charge on any atom is 0.424 e. The molecule has 0 unspecified atom stereocenters. The number of hydrogen-bond donors (Lipinski definition) is 1. The normalized spacial score (nSPS) is 10.1. The minimum absolute atomic E-state index is 0.306. The Morgan fingerprint density at radius 2 is 1.67 bits per heavy atom. The Balaban J connectivity index is 0. The Bertz CT molecular complexity index is 235. The molecule has 0 aliphatic carbocycles. The van der Waals surface area contributed by atoms with Gasteiger partial charge in [-0.25, -0.2) is 4.57 Å². The molecule has 0 saturated carbocycles. The number of halogens is 1. The van der Waals surface area contributed by atoms with Crippen LogP contribution in [0.2, 0.25) is 0 Å². The Labute approximate surface area is 94.9 Å². The van der Waals surface area contributed by atoms with Gasteiger partial charge < -0.3 is 5.73 Å². The topological polar surface area (TPSA) is 78.6 Å². The second-order valence-corrected chi connectivity index (χ2v) is 5.03. The molecule has 0 radical (unpaired) electrons. The van der Waals surface area contributed by atoms with E-state index in [-0.39, 0.29) is 0 Å². The first-order chi connectivity index (χ1) is 6.76. The zero-order valence-corrected chi connectivity index (χ0v) is 10.8. The summed E-state index contributed by atoms with van der Waals surface area (Å²) in [5.41, 5.74) is 5.09. The van der Waals surface area contributed by atoms with Gasteiger partial charge in [-0.3, -0.25) is 13.8 Å². The van der Waals surface area contributed by atoms with E-state index in [9.17, 15) is 9.36 Å². The van der Waals surface area contributed by atoms with Crippen molar-refractivity contribution in [3.63, 3.8) is 0 Å². The summed E-state index contributed by atoms with van der Waals surface area (Å²) in [6.07, 6.45) is 0. The maximum absolute atomic E-state index is 10.7. The molecular formula is C8H17ClNO4P. The van der Waals surface area contributed by atoms with Crippen LogP contribution in [-0.2, 0) is 18.4 Å². The summed E-state index contributed by atoms with van der Waals surface area (Å²) in [5, 5.41) is 0. The molecule has 0 heterocycles. The van der Waals surface area contributed by atoms with Crippen molar-refractivity contribution in [2.75, 3.05) is 13.2 Å². The van der Waals surface area contributed by atoms with E-state index in [1.165, 1.54) is 0 Å². The van der Waals surface area contributed by atoms with Crippen LogP contribution in [0.1, 0.15) is 20.8 Å². The number of rotatable bonds is 5. The number of carbonyl (C=O) groups excluding carboxylic acids is 1. The average molecular weight is 258 g/mol. The van der Waals surface area contributed by atoms with Gasteiger partial charge in [0.25, 0.3) is 0 Å². The van der Waals surface area contributed by atoms with Gasteiger partial charge in [0.15, 0.2) is 0 Å². The second-order valence-electron chi connectivity index (χ2n) is 2.41. The Kier molecular flexibility index (Phi) is 10.1. The minimum atomic E-state index is -3.22. The van der Waals surface area contributed by atoms with Crippen LogP contribution in [0.15, 0.2) is 12.2 Å². The molecule has 2 N–H and O–H groups in total. The van der Waals surface area contributed by atoms with Crippen LogP contribution in [0.5, 0.6) is 0 Å². The first-order valence-electron chi connectivity index (χ1n) is 4.30. The molecular weight excluding hydrogens is 241 g/mol. The Hall–Kier alpha value is -0.350. The first kappa shape index (κ1) is 17.1. The molecule has 0 spiro atoms. The molecule has 0 fully saturated rings. The van der Waals surface area contributed by atoms with Crippen molar-refractivity contribution in [3.05, 3.63) is 12.2 Å². The van der Waals surface area contributed by atoms with Crippen LogP contribution in [0.4, 0.5) is 0 Å². The van der Waals surface area contributed by atoms with E-state index in [1.54, 1.807) is 20.8 Å². The molecule has 15 heavy (non-hydrogen) atoms. The average Bonchev–Trinajstić information content (AvgIpc) is 2.04. The van der Waals surface area contributed by atoms with Crippen LogP contribution >= 0.6 is 18.2 Å². The fraction of sp³-hybridized carbons (Fsp3) is 0.625.